The molecule has 0 fully saturated rings. The van der Waals surface area contributed by atoms with Gasteiger partial charge in [-0.2, -0.15) is 5.26 Å². The van der Waals surface area contributed by atoms with E-state index >= 15 is 0 Å². The van der Waals surface area contributed by atoms with Crippen LogP contribution in [0.25, 0.3) is 0 Å². The molecule has 1 atom stereocenters. The van der Waals surface area contributed by atoms with E-state index in [0.717, 1.165) is 11.1 Å². The Hall–Kier alpha value is -1.85. The fraction of sp³-hybridized carbons (Fsp3) is 0.188. The summed E-state index contributed by atoms with van der Waals surface area (Å²) in [6.07, 6.45) is 0.608. The highest BCUT2D eigenvalue weighted by Gasteiger charge is 2.32. The van der Waals surface area contributed by atoms with E-state index < -0.39 is 5.41 Å². The molecule has 0 spiro atoms. The maximum Gasteiger partial charge on any atom is 0.123 e. The molecule has 19 heavy (non-hydrogen) atoms. The monoisotopic (exact) mass is 273 g/mol. The number of hydrogen-bond acceptors (Lipinski definition) is 1. The molecule has 0 heterocycles. The molecule has 0 aromatic heterocycles. The molecule has 0 saturated heterocycles. The third kappa shape index (κ3) is 2.47. The van der Waals surface area contributed by atoms with Gasteiger partial charge < -0.3 is 0 Å². The van der Waals surface area contributed by atoms with Gasteiger partial charge in [0.25, 0.3) is 0 Å². The fourth-order valence-electron chi connectivity index (χ4n) is 2.25. The molecular formula is C16H13ClFN. The first-order chi connectivity index (χ1) is 9.12. The van der Waals surface area contributed by atoms with Crippen LogP contribution in [0, 0.1) is 17.1 Å². The highest BCUT2D eigenvalue weighted by atomic mass is 35.5. The van der Waals surface area contributed by atoms with Crippen molar-refractivity contribution in [3.63, 3.8) is 0 Å². The summed E-state index contributed by atoms with van der Waals surface area (Å²) in [5, 5.41) is 10.3. The molecule has 0 aliphatic heterocycles. The van der Waals surface area contributed by atoms with Gasteiger partial charge in [0.2, 0.25) is 0 Å². The zero-order valence-electron chi connectivity index (χ0n) is 10.5. The minimum Gasteiger partial charge on any atom is -0.207 e. The van der Waals surface area contributed by atoms with Gasteiger partial charge in [-0.15, -0.1) is 0 Å². The summed E-state index contributed by atoms with van der Waals surface area (Å²) in [6.45, 7) is 1.95. The second kappa shape index (κ2) is 5.42. The molecule has 2 rings (SSSR count). The highest BCUT2D eigenvalue weighted by molar-refractivity contribution is 6.30. The van der Waals surface area contributed by atoms with Gasteiger partial charge >= 0.3 is 0 Å². The van der Waals surface area contributed by atoms with Crippen LogP contribution in [0.15, 0.2) is 48.5 Å². The standard InChI is InChI=1S/C16H13ClFN/c1-2-16(11-19,12-3-7-14(17)8-4-12)13-5-9-15(18)10-6-13/h3-10H,2H2,1H3. The normalized spacial score (nSPS) is 13.6. The summed E-state index contributed by atoms with van der Waals surface area (Å²) < 4.78 is 13.0. The molecule has 1 nitrogen and oxygen atoms in total. The van der Waals surface area contributed by atoms with Crippen LogP contribution in [0.5, 0.6) is 0 Å². The van der Waals surface area contributed by atoms with Crippen molar-refractivity contribution in [1.82, 2.24) is 0 Å². The van der Waals surface area contributed by atoms with Crippen molar-refractivity contribution in [2.45, 2.75) is 18.8 Å². The third-order valence-corrected chi connectivity index (χ3v) is 3.65. The molecule has 96 valence electrons. The first-order valence-corrected chi connectivity index (χ1v) is 6.43. The van der Waals surface area contributed by atoms with Crippen LogP contribution in [0.3, 0.4) is 0 Å². The zero-order valence-corrected chi connectivity index (χ0v) is 11.3. The Labute approximate surface area is 117 Å². The van der Waals surface area contributed by atoms with Crippen molar-refractivity contribution in [2.24, 2.45) is 0 Å². The average molecular weight is 274 g/mol. The van der Waals surface area contributed by atoms with E-state index in [1.807, 2.05) is 19.1 Å². The van der Waals surface area contributed by atoms with Crippen molar-refractivity contribution >= 4 is 11.6 Å². The Balaban J connectivity index is 2.58. The van der Waals surface area contributed by atoms with E-state index in [1.54, 1.807) is 24.3 Å². The lowest BCUT2D eigenvalue weighted by Crippen LogP contribution is -2.24. The van der Waals surface area contributed by atoms with Crippen molar-refractivity contribution < 1.29 is 4.39 Å². The van der Waals surface area contributed by atoms with Gasteiger partial charge in [0.05, 0.1) is 6.07 Å². The Morgan fingerprint density at radius 1 is 1.05 bits per heavy atom. The molecule has 0 bridgehead atoms. The quantitative estimate of drug-likeness (QED) is 0.795. The molecule has 1 unspecified atom stereocenters. The summed E-state index contributed by atoms with van der Waals surface area (Å²) in [5.41, 5.74) is 0.896. The van der Waals surface area contributed by atoms with Crippen LogP contribution in [0.1, 0.15) is 24.5 Å². The SMILES string of the molecule is CCC(C#N)(c1ccc(F)cc1)c1ccc(Cl)cc1. The number of nitrogens with zero attached hydrogens (tertiary/aromatic N) is 1. The lowest BCUT2D eigenvalue weighted by molar-refractivity contribution is 0.611. The third-order valence-electron chi connectivity index (χ3n) is 3.40. The molecule has 0 N–H and O–H groups in total. The first kappa shape index (κ1) is 13.6. The molecule has 0 aliphatic carbocycles. The van der Waals surface area contributed by atoms with Crippen LogP contribution >= 0.6 is 11.6 Å². The lowest BCUT2D eigenvalue weighted by Gasteiger charge is -2.26. The van der Waals surface area contributed by atoms with Gasteiger partial charge in [-0.25, -0.2) is 4.39 Å². The molecule has 2 aromatic rings. The molecule has 3 heteroatoms. The number of benzene rings is 2. The summed E-state index contributed by atoms with van der Waals surface area (Å²) in [4.78, 5) is 0. The van der Waals surface area contributed by atoms with E-state index in [1.165, 1.54) is 12.1 Å². The minimum absolute atomic E-state index is 0.303. The van der Waals surface area contributed by atoms with E-state index in [0.29, 0.717) is 11.4 Å². The van der Waals surface area contributed by atoms with Crippen LogP contribution in [-0.2, 0) is 5.41 Å². The number of rotatable bonds is 3. The predicted molar refractivity (Wildman–Crippen MR) is 74.5 cm³/mol. The molecule has 0 saturated carbocycles. The zero-order chi connectivity index (χ0) is 13.9. The Bertz CT molecular complexity index is 551. The van der Waals surface area contributed by atoms with Crippen LogP contribution < -0.4 is 0 Å². The first-order valence-electron chi connectivity index (χ1n) is 6.05. The fourth-order valence-corrected chi connectivity index (χ4v) is 2.38. The van der Waals surface area contributed by atoms with E-state index in [4.69, 9.17) is 11.6 Å². The largest absolute Gasteiger partial charge is 0.207 e. The molecule has 0 amide bonds. The molecule has 0 radical (unpaired) electrons. The number of nitriles is 1. The maximum absolute atomic E-state index is 13.0. The molecular weight excluding hydrogens is 261 g/mol. The lowest BCUT2D eigenvalue weighted by atomic mass is 9.74. The van der Waals surface area contributed by atoms with Gasteiger partial charge in [-0.3, -0.25) is 0 Å². The van der Waals surface area contributed by atoms with Gasteiger partial charge in [-0.05, 0) is 41.8 Å². The second-order valence-electron chi connectivity index (χ2n) is 4.38. The van der Waals surface area contributed by atoms with Crippen LogP contribution in [0.4, 0.5) is 4.39 Å². The van der Waals surface area contributed by atoms with E-state index in [2.05, 4.69) is 6.07 Å². The number of hydrogen-bond donors (Lipinski definition) is 0. The summed E-state index contributed by atoms with van der Waals surface area (Å²) >= 11 is 5.88. The Morgan fingerprint density at radius 3 is 1.95 bits per heavy atom. The van der Waals surface area contributed by atoms with Crippen LogP contribution in [-0.4, -0.2) is 0 Å². The van der Waals surface area contributed by atoms with Crippen molar-refractivity contribution in [2.75, 3.05) is 0 Å². The van der Waals surface area contributed by atoms with Gasteiger partial charge in [0, 0.05) is 5.02 Å². The van der Waals surface area contributed by atoms with Crippen molar-refractivity contribution in [3.05, 3.63) is 70.5 Å². The predicted octanol–water partition coefficient (Wildman–Crippen LogP) is 4.70. The minimum atomic E-state index is -0.766. The van der Waals surface area contributed by atoms with Crippen molar-refractivity contribution in [3.8, 4) is 6.07 Å². The van der Waals surface area contributed by atoms with E-state index in [-0.39, 0.29) is 5.82 Å². The molecule has 0 aliphatic rings. The van der Waals surface area contributed by atoms with Gasteiger partial charge in [0.1, 0.15) is 11.2 Å². The van der Waals surface area contributed by atoms with Crippen molar-refractivity contribution in [1.29, 1.82) is 5.26 Å². The second-order valence-corrected chi connectivity index (χ2v) is 4.82. The Kier molecular flexibility index (Phi) is 3.87. The Morgan fingerprint density at radius 2 is 1.53 bits per heavy atom. The average Bonchev–Trinajstić information content (AvgIpc) is 2.44. The molecule has 2 aromatic carbocycles. The smallest absolute Gasteiger partial charge is 0.123 e. The summed E-state index contributed by atoms with van der Waals surface area (Å²) in [5.74, 6) is -0.303. The maximum atomic E-state index is 13.0. The van der Waals surface area contributed by atoms with Crippen LogP contribution in [0.2, 0.25) is 5.02 Å². The number of halogens is 2. The topological polar surface area (TPSA) is 23.8 Å². The highest BCUT2D eigenvalue weighted by Crippen LogP contribution is 2.35. The summed E-state index contributed by atoms with van der Waals surface area (Å²) in [6, 6.07) is 15.7. The summed E-state index contributed by atoms with van der Waals surface area (Å²) in [7, 11) is 0. The van der Waals surface area contributed by atoms with Gasteiger partial charge in [0.15, 0.2) is 0 Å². The van der Waals surface area contributed by atoms with Gasteiger partial charge in [-0.1, -0.05) is 42.8 Å². The van der Waals surface area contributed by atoms with E-state index in [9.17, 15) is 9.65 Å².